The molecule has 0 radical (unpaired) electrons. The molecule has 0 saturated carbocycles. The zero-order valence-electron chi connectivity index (χ0n) is 16.6. The Hall–Kier alpha value is -3.94. The molecule has 1 amide bonds. The number of benzene rings is 3. The van der Waals surface area contributed by atoms with Gasteiger partial charge in [-0.25, -0.2) is 4.39 Å². The minimum Gasteiger partial charge on any atom is -0.455 e. The van der Waals surface area contributed by atoms with Crippen LogP contribution in [-0.2, 0) is 0 Å². The fourth-order valence-corrected chi connectivity index (χ4v) is 3.55. The van der Waals surface area contributed by atoms with Gasteiger partial charge in [0.25, 0.3) is 11.6 Å². The summed E-state index contributed by atoms with van der Waals surface area (Å²) in [6, 6.07) is 16.9. The Kier molecular flexibility index (Phi) is 5.79. The lowest BCUT2D eigenvalue weighted by Crippen LogP contribution is -2.20. The van der Waals surface area contributed by atoms with Gasteiger partial charge in [0.15, 0.2) is 5.75 Å². The second-order valence-electron chi connectivity index (χ2n) is 7.16. The van der Waals surface area contributed by atoms with Crippen molar-refractivity contribution < 1.29 is 18.8 Å². The van der Waals surface area contributed by atoms with Crippen molar-refractivity contribution >= 4 is 23.0 Å². The molecule has 3 aromatic rings. The summed E-state index contributed by atoms with van der Waals surface area (Å²) in [6.07, 6.45) is 1.98. The molecule has 8 heteroatoms. The molecule has 0 bridgehead atoms. The number of nitro groups is 1. The molecule has 0 aromatic heterocycles. The van der Waals surface area contributed by atoms with Gasteiger partial charge in [0, 0.05) is 30.8 Å². The van der Waals surface area contributed by atoms with Crippen LogP contribution in [0.15, 0.2) is 66.7 Å². The number of anilines is 2. The average molecular weight is 421 g/mol. The molecule has 1 heterocycles. The van der Waals surface area contributed by atoms with Gasteiger partial charge in [0.1, 0.15) is 17.3 Å². The van der Waals surface area contributed by atoms with Gasteiger partial charge in [-0.1, -0.05) is 18.2 Å². The number of ether oxygens (including phenoxy) is 1. The first-order valence-electron chi connectivity index (χ1n) is 9.88. The van der Waals surface area contributed by atoms with Crippen LogP contribution in [0.2, 0.25) is 0 Å². The molecular formula is C23H20FN3O4. The van der Waals surface area contributed by atoms with Crippen LogP contribution in [0, 0.1) is 15.9 Å². The fourth-order valence-electron chi connectivity index (χ4n) is 3.55. The summed E-state index contributed by atoms with van der Waals surface area (Å²) in [6.45, 7) is 1.52. The number of hydrogen-bond donors (Lipinski definition) is 1. The zero-order valence-corrected chi connectivity index (χ0v) is 16.6. The van der Waals surface area contributed by atoms with Gasteiger partial charge in [-0.2, -0.15) is 0 Å². The highest BCUT2D eigenvalue weighted by molar-refractivity contribution is 6.05. The Balaban J connectivity index is 1.57. The number of nitrogens with zero attached hydrogens (tertiary/aromatic N) is 2. The highest BCUT2D eigenvalue weighted by atomic mass is 19.1. The average Bonchev–Trinajstić information content (AvgIpc) is 3.29. The maximum Gasteiger partial charge on any atom is 0.293 e. The van der Waals surface area contributed by atoms with E-state index in [1.165, 1.54) is 24.3 Å². The molecule has 7 nitrogen and oxygen atoms in total. The molecule has 158 valence electrons. The summed E-state index contributed by atoms with van der Waals surface area (Å²) >= 11 is 0. The second kappa shape index (κ2) is 8.83. The molecule has 1 aliphatic rings. The van der Waals surface area contributed by atoms with Gasteiger partial charge in [0.05, 0.1) is 10.6 Å². The summed E-state index contributed by atoms with van der Waals surface area (Å²) < 4.78 is 19.1. The molecule has 4 rings (SSSR count). The van der Waals surface area contributed by atoms with Gasteiger partial charge >= 0.3 is 0 Å². The highest BCUT2D eigenvalue weighted by Crippen LogP contribution is 2.33. The summed E-state index contributed by atoms with van der Waals surface area (Å²) in [4.78, 5) is 25.9. The zero-order chi connectivity index (χ0) is 21.8. The van der Waals surface area contributed by atoms with Gasteiger partial charge in [-0.3, -0.25) is 14.9 Å². The number of hydrogen-bond acceptors (Lipinski definition) is 5. The van der Waals surface area contributed by atoms with Gasteiger partial charge in [-0.05, 0) is 49.2 Å². The van der Waals surface area contributed by atoms with Crippen LogP contribution in [0.4, 0.5) is 21.5 Å². The van der Waals surface area contributed by atoms with Gasteiger partial charge in [-0.15, -0.1) is 0 Å². The lowest BCUT2D eigenvalue weighted by atomic mass is 10.1. The van der Waals surface area contributed by atoms with Crippen molar-refractivity contribution in [2.24, 2.45) is 0 Å². The Morgan fingerprint density at radius 1 is 1.03 bits per heavy atom. The van der Waals surface area contributed by atoms with Crippen LogP contribution < -0.4 is 15.0 Å². The van der Waals surface area contributed by atoms with Crippen molar-refractivity contribution in [3.8, 4) is 11.5 Å². The minimum atomic E-state index is -0.508. The summed E-state index contributed by atoms with van der Waals surface area (Å²) in [7, 11) is 0. The number of para-hydroxylation sites is 2. The van der Waals surface area contributed by atoms with E-state index in [9.17, 15) is 19.3 Å². The number of halogens is 1. The predicted octanol–water partition coefficient (Wildman–Crippen LogP) is 5.38. The van der Waals surface area contributed by atoms with Crippen LogP contribution in [0.25, 0.3) is 0 Å². The largest absolute Gasteiger partial charge is 0.455 e. The standard InChI is InChI=1S/C23H20FN3O4/c24-17-6-5-7-18(15-17)31-22-9-2-1-8-19(22)25-23(28)16-10-11-20(21(14-16)27(29)30)26-12-3-4-13-26/h1-2,5-11,14-15H,3-4,12-13H2,(H,25,28). The van der Waals surface area contributed by atoms with Crippen LogP contribution in [0.3, 0.4) is 0 Å². The first-order chi connectivity index (χ1) is 15.0. The highest BCUT2D eigenvalue weighted by Gasteiger charge is 2.24. The lowest BCUT2D eigenvalue weighted by molar-refractivity contribution is -0.384. The molecule has 0 atom stereocenters. The summed E-state index contributed by atoms with van der Waals surface area (Å²) in [5.41, 5.74) is 0.950. The molecule has 1 saturated heterocycles. The first-order valence-corrected chi connectivity index (χ1v) is 9.88. The number of rotatable bonds is 6. The Bertz CT molecular complexity index is 1130. The number of carbonyl (C=O) groups is 1. The molecular weight excluding hydrogens is 401 g/mol. The van der Waals surface area contributed by atoms with E-state index in [0.29, 0.717) is 17.1 Å². The molecule has 3 aromatic carbocycles. The van der Waals surface area contributed by atoms with E-state index in [-0.39, 0.29) is 17.0 Å². The van der Waals surface area contributed by atoms with Crippen molar-refractivity contribution in [1.29, 1.82) is 0 Å². The van der Waals surface area contributed by atoms with Gasteiger partial charge in [0.2, 0.25) is 0 Å². The normalized spacial score (nSPS) is 13.1. The SMILES string of the molecule is O=C(Nc1ccccc1Oc1cccc(F)c1)c1ccc(N2CCCC2)c([N+](=O)[O-])c1. The van der Waals surface area contributed by atoms with Crippen LogP contribution in [-0.4, -0.2) is 23.9 Å². The van der Waals surface area contributed by atoms with Crippen LogP contribution in [0.1, 0.15) is 23.2 Å². The van der Waals surface area contributed by atoms with E-state index in [1.807, 2.05) is 4.90 Å². The predicted molar refractivity (Wildman–Crippen MR) is 115 cm³/mol. The van der Waals surface area contributed by atoms with Crippen molar-refractivity contribution in [2.45, 2.75) is 12.8 Å². The quantitative estimate of drug-likeness (QED) is 0.427. The lowest BCUT2D eigenvalue weighted by Gasteiger charge is -2.18. The smallest absolute Gasteiger partial charge is 0.293 e. The molecule has 1 aliphatic heterocycles. The van der Waals surface area contributed by atoms with E-state index in [2.05, 4.69) is 5.32 Å². The number of carbonyl (C=O) groups excluding carboxylic acids is 1. The van der Waals surface area contributed by atoms with Crippen LogP contribution in [0.5, 0.6) is 11.5 Å². The first kappa shape index (κ1) is 20.3. The number of nitrogens with one attached hydrogen (secondary N) is 1. The van der Waals surface area contributed by atoms with Crippen molar-refractivity contribution in [3.05, 3.63) is 88.2 Å². The monoisotopic (exact) mass is 421 g/mol. The minimum absolute atomic E-state index is 0.0983. The summed E-state index contributed by atoms with van der Waals surface area (Å²) in [5.74, 6) is -0.340. The van der Waals surface area contributed by atoms with Crippen molar-refractivity contribution in [1.82, 2.24) is 0 Å². The van der Waals surface area contributed by atoms with Crippen molar-refractivity contribution in [2.75, 3.05) is 23.3 Å². The third-order valence-electron chi connectivity index (χ3n) is 5.04. The van der Waals surface area contributed by atoms with E-state index in [0.717, 1.165) is 25.9 Å². The summed E-state index contributed by atoms with van der Waals surface area (Å²) in [5, 5.41) is 14.3. The van der Waals surface area contributed by atoms with Crippen LogP contribution >= 0.6 is 0 Å². The van der Waals surface area contributed by atoms with E-state index < -0.39 is 16.6 Å². The number of nitro benzene ring substituents is 1. The van der Waals surface area contributed by atoms with E-state index >= 15 is 0 Å². The molecule has 0 spiro atoms. The number of amides is 1. The third kappa shape index (κ3) is 4.63. The topological polar surface area (TPSA) is 84.7 Å². The Labute approximate surface area is 178 Å². The second-order valence-corrected chi connectivity index (χ2v) is 7.16. The van der Waals surface area contributed by atoms with Gasteiger partial charge < -0.3 is 15.0 Å². The maximum absolute atomic E-state index is 13.4. The molecule has 1 fully saturated rings. The Morgan fingerprint density at radius 2 is 1.81 bits per heavy atom. The molecule has 31 heavy (non-hydrogen) atoms. The maximum atomic E-state index is 13.4. The molecule has 1 N–H and O–H groups in total. The van der Waals surface area contributed by atoms with E-state index in [4.69, 9.17) is 4.74 Å². The van der Waals surface area contributed by atoms with Crippen molar-refractivity contribution in [3.63, 3.8) is 0 Å². The fraction of sp³-hybridized carbons (Fsp3) is 0.174. The van der Waals surface area contributed by atoms with E-state index in [1.54, 1.807) is 42.5 Å². The molecule has 0 aliphatic carbocycles. The molecule has 0 unspecified atom stereocenters. The Morgan fingerprint density at radius 3 is 2.55 bits per heavy atom. The third-order valence-corrected chi connectivity index (χ3v) is 5.04.